The fraction of sp³-hybridized carbons (Fsp3) is 0.400. The second-order valence-electron chi connectivity index (χ2n) is 5.30. The van der Waals surface area contributed by atoms with Crippen molar-refractivity contribution in [2.75, 3.05) is 26.3 Å². The lowest BCUT2D eigenvalue weighted by Gasteiger charge is -2.25. The molecule has 1 aromatic carbocycles. The second-order valence-corrected chi connectivity index (χ2v) is 5.30. The molecule has 0 saturated carbocycles. The van der Waals surface area contributed by atoms with Crippen LogP contribution in [0.5, 0.6) is 0 Å². The van der Waals surface area contributed by atoms with Gasteiger partial charge < -0.3 is 14.4 Å². The highest BCUT2D eigenvalue weighted by molar-refractivity contribution is 5.67. The Balaban J connectivity index is 1.54. The molecule has 0 aliphatic carbocycles. The van der Waals surface area contributed by atoms with Crippen molar-refractivity contribution in [2.45, 2.75) is 13.2 Å². The summed E-state index contributed by atoms with van der Waals surface area (Å²) in [5, 5.41) is 7.72. The van der Waals surface area contributed by atoms with Crippen molar-refractivity contribution in [3.8, 4) is 0 Å². The molecule has 2 aromatic rings. The Labute approximate surface area is 136 Å². The van der Waals surface area contributed by atoms with Gasteiger partial charge in [-0.25, -0.2) is 18.3 Å². The van der Waals surface area contributed by atoms with E-state index in [4.69, 9.17) is 9.47 Å². The molecule has 1 aliphatic rings. The first-order valence-electron chi connectivity index (χ1n) is 7.44. The molecule has 2 heterocycles. The highest BCUT2D eigenvalue weighted by atomic mass is 19.1. The minimum absolute atomic E-state index is 0.0257. The molecule has 24 heavy (non-hydrogen) atoms. The lowest BCUT2D eigenvalue weighted by atomic mass is 10.2. The second kappa shape index (κ2) is 7.35. The molecule has 1 aliphatic heterocycles. The van der Waals surface area contributed by atoms with Crippen LogP contribution in [0.25, 0.3) is 0 Å². The van der Waals surface area contributed by atoms with E-state index in [9.17, 15) is 13.6 Å². The van der Waals surface area contributed by atoms with Crippen LogP contribution in [-0.4, -0.2) is 52.3 Å². The van der Waals surface area contributed by atoms with Crippen molar-refractivity contribution < 1.29 is 23.0 Å². The number of morpholine rings is 1. The van der Waals surface area contributed by atoms with E-state index in [2.05, 4.69) is 10.3 Å². The zero-order valence-corrected chi connectivity index (χ0v) is 12.8. The highest BCUT2D eigenvalue weighted by Crippen LogP contribution is 2.11. The van der Waals surface area contributed by atoms with E-state index >= 15 is 0 Å². The Bertz CT molecular complexity index is 716. The van der Waals surface area contributed by atoms with E-state index in [1.807, 2.05) is 0 Å². The molecule has 1 aromatic heterocycles. The quantitative estimate of drug-likeness (QED) is 0.846. The fourth-order valence-corrected chi connectivity index (χ4v) is 2.28. The van der Waals surface area contributed by atoms with Crippen molar-refractivity contribution in [1.29, 1.82) is 0 Å². The maximum Gasteiger partial charge on any atom is 0.410 e. The number of rotatable bonds is 4. The zero-order chi connectivity index (χ0) is 16.9. The molecule has 0 bridgehead atoms. The highest BCUT2D eigenvalue weighted by Gasteiger charge is 2.18. The van der Waals surface area contributed by atoms with Crippen molar-refractivity contribution in [1.82, 2.24) is 19.9 Å². The van der Waals surface area contributed by atoms with E-state index in [1.54, 1.807) is 11.1 Å². The summed E-state index contributed by atoms with van der Waals surface area (Å²) in [4.78, 5) is 13.4. The fourth-order valence-electron chi connectivity index (χ4n) is 2.28. The van der Waals surface area contributed by atoms with Gasteiger partial charge in [-0.2, -0.15) is 0 Å². The van der Waals surface area contributed by atoms with E-state index in [-0.39, 0.29) is 18.7 Å². The minimum Gasteiger partial charge on any atom is -0.443 e. The average Bonchev–Trinajstić information content (AvgIpc) is 3.03. The molecule has 0 N–H and O–H groups in total. The number of aromatic nitrogens is 3. The smallest absolute Gasteiger partial charge is 0.410 e. The van der Waals surface area contributed by atoms with Gasteiger partial charge in [0.1, 0.15) is 23.9 Å². The van der Waals surface area contributed by atoms with Gasteiger partial charge in [0.05, 0.1) is 26.0 Å². The summed E-state index contributed by atoms with van der Waals surface area (Å²) in [5.41, 5.74) is 0.734. The molecule has 0 unspecified atom stereocenters. The summed E-state index contributed by atoms with van der Waals surface area (Å²) >= 11 is 0. The van der Waals surface area contributed by atoms with Gasteiger partial charge in [0, 0.05) is 24.7 Å². The molecule has 0 radical (unpaired) electrons. The third-order valence-corrected chi connectivity index (χ3v) is 3.55. The number of nitrogens with zero attached hydrogens (tertiary/aromatic N) is 4. The summed E-state index contributed by atoms with van der Waals surface area (Å²) in [6.07, 6.45) is 1.12. The maximum absolute atomic E-state index is 13.6. The molecular weight excluding hydrogens is 322 g/mol. The lowest BCUT2D eigenvalue weighted by molar-refractivity contribution is 0.0246. The molecule has 0 atom stereocenters. The predicted molar refractivity (Wildman–Crippen MR) is 78.1 cm³/mol. The predicted octanol–water partition coefficient (Wildman–Crippen LogP) is 1.57. The molecule has 128 valence electrons. The number of carbonyl (C=O) groups excluding carboxylic acids is 1. The number of halogens is 2. The Morgan fingerprint density at radius 3 is 2.83 bits per heavy atom. The van der Waals surface area contributed by atoms with E-state index in [1.165, 1.54) is 16.8 Å². The topological polar surface area (TPSA) is 69.5 Å². The molecular formula is C15H16F2N4O3. The normalized spacial score (nSPS) is 14.7. The molecule has 0 spiro atoms. The number of carbonyl (C=O) groups is 1. The Hall–Kier alpha value is -2.55. The molecule has 7 nitrogen and oxygen atoms in total. The molecule has 1 fully saturated rings. The van der Waals surface area contributed by atoms with E-state index in [0.717, 1.165) is 6.07 Å². The molecule has 1 saturated heterocycles. The molecule has 3 rings (SSSR count). The zero-order valence-electron chi connectivity index (χ0n) is 12.8. The Kier molecular flexibility index (Phi) is 4.99. The van der Waals surface area contributed by atoms with Crippen LogP contribution in [0.4, 0.5) is 13.6 Å². The largest absolute Gasteiger partial charge is 0.443 e. The summed E-state index contributed by atoms with van der Waals surface area (Å²) in [5.74, 6) is -1.28. The summed E-state index contributed by atoms with van der Waals surface area (Å²) in [7, 11) is 0. The number of hydrogen-bond donors (Lipinski definition) is 0. The SMILES string of the molecule is O=C(OCc1cn(Cc2ccc(F)cc2F)nn1)N1CCOCC1. The van der Waals surface area contributed by atoms with Crippen LogP contribution in [0, 0.1) is 11.6 Å². The lowest BCUT2D eigenvalue weighted by Crippen LogP contribution is -2.40. The van der Waals surface area contributed by atoms with Crippen molar-refractivity contribution in [2.24, 2.45) is 0 Å². The van der Waals surface area contributed by atoms with Gasteiger partial charge >= 0.3 is 6.09 Å². The molecule has 9 heteroatoms. The van der Waals surface area contributed by atoms with Crippen LogP contribution >= 0.6 is 0 Å². The van der Waals surface area contributed by atoms with Crippen LogP contribution in [0.3, 0.4) is 0 Å². The van der Waals surface area contributed by atoms with Crippen molar-refractivity contribution in [3.63, 3.8) is 0 Å². The van der Waals surface area contributed by atoms with Gasteiger partial charge in [0.15, 0.2) is 0 Å². The van der Waals surface area contributed by atoms with Gasteiger partial charge in [-0.15, -0.1) is 5.10 Å². The molecule has 1 amide bonds. The van der Waals surface area contributed by atoms with E-state index in [0.29, 0.717) is 32.0 Å². The maximum atomic E-state index is 13.6. The summed E-state index contributed by atoms with van der Waals surface area (Å²) in [6, 6.07) is 3.35. The van der Waals surface area contributed by atoms with Gasteiger partial charge in [-0.1, -0.05) is 11.3 Å². The summed E-state index contributed by atoms with van der Waals surface area (Å²) < 4.78 is 38.2. The van der Waals surface area contributed by atoms with E-state index < -0.39 is 17.7 Å². The first-order valence-corrected chi connectivity index (χ1v) is 7.44. The van der Waals surface area contributed by atoms with Gasteiger partial charge in [-0.05, 0) is 6.07 Å². The standard InChI is InChI=1S/C15H16F2N4O3/c16-12-2-1-11(14(17)7-12)8-21-9-13(18-19-21)10-24-15(22)20-3-5-23-6-4-20/h1-2,7,9H,3-6,8,10H2. The first-order chi connectivity index (χ1) is 11.6. The van der Waals surface area contributed by atoms with Crippen LogP contribution in [-0.2, 0) is 22.6 Å². The number of benzene rings is 1. The third-order valence-electron chi connectivity index (χ3n) is 3.55. The van der Waals surface area contributed by atoms with Crippen LogP contribution in [0.15, 0.2) is 24.4 Å². The number of ether oxygens (including phenoxy) is 2. The van der Waals surface area contributed by atoms with Gasteiger partial charge in [0.25, 0.3) is 0 Å². The Morgan fingerprint density at radius 2 is 2.08 bits per heavy atom. The van der Waals surface area contributed by atoms with Crippen LogP contribution in [0.2, 0.25) is 0 Å². The minimum atomic E-state index is -0.647. The monoisotopic (exact) mass is 338 g/mol. The van der Waals surface area contributed by atoms with Gasteiger partial charge in [-0.3, -0.25) is 0 Å². The van der Waals surface area contributed by atoms with Crippen molar-refractivity contribution >= 4 is 6.09 Å². The Morgan fingerprint density at radius 1 is 1.29 bits per heavy atom. The average molecular weight is 338 g/mol. The number of hydrogen-bond acceptors (Lipinski definition) is 5. The van der Waals surface area contributed by atoms with Crippen LogP contribution in [0.1, 0.15) is 11.3 Å². The number of amides is 1. The van der Waals surface area contributed by atoms with Crippen LogP contribution < -0.4 is 0 Å². The van der Waals surface area contributed by atoms with Crippen molar-refractivity contribution in [3.05, 3.63) is 47.3 Å². The van der Waals surface area contributed by atoms with Gasteiger partial charge in [0.2, 0.25) is 0 Å². The first kappa shape index (κ1) is 16.3. The third kappa shape index (κ3) is 4.05. The summed E-state index contributed by atoms with van der Waals surface area (Å²) in [6.45, 7) is 2.06.